The van der Waals surface area contributed by atoms with Gasteiger partial charge in [-0.1, -0.05) is 19.3 Å². The van der Waals surface area contributed by atoms with Gasteiger partial charge >= 0.3 is 0 Å². The molecule has 140 valence electrons. The second-order valence-electron chi connectivity index (χ2n) is 6.79. The molecule has 2 aromatic rings. The molecular weight excluding hydrogens is 354 g/mol. The molecule has 1 saturated carbocycles. The van der Waals surface area contributed by atoms with E-state index in [1.165, 1.54) is 17.8 Å². The fourth-order valence-electron chi connectivity index (χ4n) is 3.49. The number of thiazole rings is 1. The van der Waals surface area contributed by atoms with E-state index in [1.807, 2.05) is 0 Å². The lowest BCUT2D eigenvalue weighted by Crippen LogP contribution is -2.34. The van der Waals surface area contributed by atoms with E-state index in [2.05, 4.69) is 31.1 Å². The van der Waals surface area contributed by atoms with Gasteiger partial charge in [-0.2, -0.15) is 0 Å². The second kappa shape index (κ2) is 8.35. The first-order valence-electron chi connectivity index (χ1n) is 8.74. The molecular formula is C16H23N7O2S. The quantitative estimate of drug-likeness (QED) is 0.754. The molecule has 0 aromatic carbocycles. The number of likely N-dealkylation sites (N-methyl/N-ethyl adjacent to an activating group) is 1. The number of carbonyl (C=O) groups is 2. The van der Waals surface area contributed by atoms with Crippen molar-refractivity contribution in [2.75, 3.05) is 12.4 Å². The Morgan fingerprint density at radius 2 is 2.08 bits per heavy atom. The van der Waals surface area contributed by atoms with Crippen LogP contribution in [0.1, 0.15) is 44.2 Å². The molecule has 26 heavy (non-hydrogen) atoms. The fourth-order valence-corrected chi connectivity index (χ4v) is 4.22. The largest absolute Gasteiger partial charge is 0.359 e. The third-order valence-corrected chi connectivity index (χ3v) is 5.56. The summed E-state index contributed by atoms with van der Waals surface area (Å²) in [5.74, 6) is -0.156. The summed E-state index contributed by atoms with van der Waals surface area (Å²) in [6.45, 7) is 0.646. The molecule has 1 aliphatic carbocycles. The maximum atomic E-state index is 12.6. The molecule has 0 unspecified atom stereocenters. The molecule has 0 radical (unpaired) electrons. The van der Waals surface area contributed by atoms with Crippen molar-refractivity contribution in [2.45, 2.75) is 51.5 Å². The zero-order valence-electron chi connectivity index (χ0n) is 14.8. The van der Waals surface area contributed by atoms with Crippen molar-refractivity contribution in [3.63, 3.8) is 0 Å². The normalized spacial score (nSPS) is 16.2. The number of carbonyl (C=O) groups excluding carboxylic acids is 2. The highest BCUT2D eigenvalue weighted by atomic mass is 32.1. The predicted octanol–water partition coefficient (Wildman–Crippen LogP) is 1.40. The van der Waals surface area contributed by atoms with Crippen molar-refractivity contribution in [3.05, 3.63) is 17.4 Å². The van der Waals surface area contributed by atoms with Crippen LogP contribution in [0.15, 0.2) is 11.7 Å². The van der Waals surface area contributed by atoms with Gasteiger partial charge in [0.15, 0.2) is 5.13 Å². The zero-order chi connectivity index (χ0) is 18.4. The molecule has 0 bridgehead atoms. The summed E-state index contributed by atoms with van der Waals surface area (Å²) in [4.78, 5) is 28.4. The first kappa shape index (κ1) is 18.4. The van der Waals surface area contributed by atoms with Gasteiger partial charge < -0.3 is 10.6 Å². The maximum absolute atomic E-state index is 12.6. The van der Waals surface area contributed by atoms with Crippen molar-refractivity contribution >= 4 is 28.3 Å². The summed E-state index contributed by atoms with van der Waals surface area (Å²) >= 11 is 1.34. The van der Waals surface area contributed by atoms with Gasteiger partial charge in [-0.15, -0.1) is 16.4 Å². The summed E-state index contributed by atoms with van der Waals surface area (Å²) in [7, 11) is 1.59. The van der Waals surface area contributed by atoms with E-state index >= 15 is 0 Å². The van der Waals surface area contributed by atoms with Crippen molar-refractivity contribution < 1.29 is 9.59 Å². The smallest absolute Gasteiger partial charge is 0.226 e. The summed E-state index contributed by atoms with van der Waals surface area (Å²) in [6.07, 6.45) is 7.63. The highest BCUT2D eigenvalue weighted by Crippen LogP contribution is 2.41. The van der Waals surface area contributed by atoms with E-state index in [0.29, 0.717) is 23.8 Å². The number of aromatic nitrogens is 5. The van der Waals surface area contributed by atoms with Gasteiger partial charge in [-0.25, -0.2) is 9.67 Å². The van der Waals surface area contributed by atoms with Crippen molar-refractivity contribution in [2.24, 2.45) is 5.41 Å². The Morgan fingerprint density at radius 1 is 1.27 bits per heavy atom. The molecule has 3 rings (SSSR count). The van der Waals surface area contributed by atoms with E-state index in [1.54, 1.807) is 23.4 Å². The highest BCUT2D eigenvalue weighted by molar-refractivity contribution is 7.13. The molecule has 2 N–H and O–H groups in total. The second-order valence-corrected chi connectivity index (χ2v) is 7.65. The number of nitrogens with zero attached hydrogens (tertiary/aromatic N) is 5. The lowest BCUT2D eigenvalue weighted by atomic mass is 9.71. The summed E-state index contributed by atoms with van der Waals surface area (Å²) in [5.41, 5.74) is 0.533. The van der Waals surface area contributed by atoms with Crippen LogP contribution in [0.5, 0.6) is 0 Å². The zero-order valence-corrected chi connectivity index (χ0v) is 15.6. The average Bonchev–Trinajstić information content (AvgIpc) is 3.27. The SMILES string of the molecule is CNC(=O)Cc1csc(NC(=O)CC2(Cn3cnnn3)CCCCC2)n1. The Kier molecular flexibility index (Phi) is 5.92. The number of tetrazole rings is 1. The number of anilines is 1. The molecule has 0 aliphatic heterocycles. The van der Waals surface area contributed by atoms with E-state index in [-0.39, 0.29) is 23.7 Å². The monoisotopic (exact) mass is 377 g/mol. The summed E-state index contributed by atoms with van der Waals surface area (Å²) < 4.78 is 1.71. The van der Waals surface area contributed by atoms with E-state index in [0.717, 1.165) is 25.7 Å². The van der Waals surface area contributed by atoms with Gasteiger partial charge in [0, 0.05) is 18.8 Å². The maximum Gasteiger partial charge on any atom is 0.226 e. The van der Waals surface area contributed by atoms with Gasteiger partial charge in [-0.3, -0.25) is 9.59 Å². The van der Waals surface area contributed by atoms with Crippen LogP contribution in [-0.2, 0) is 22.6 Å². The van der Waals surface area contributed by atoms with Crippen LogP contribution in [0.25, 0.3) is 0 Å². The average molecular weight is 377 g/mol. The first-order chi connectivity index (χ1) is 12.6. The standard InChI is InChI=1S/C16H23N7O2S/c1-17-13(24)7-12-9-26-15(19-12)20-14(25)8-16(5-3-2-4-6-16)10-23-11-18-21-22-23/h9,11H,2-8,10H2,1H3,(H,17,24)(H,19,20,25). The van der Waals surface area contributed by atoms with Gasteiger partial charge in [0.1, 0.15) is 6.33 Å². The van der Waals surface area contributed by atoms with E-state index in [4.69, 9.17) is 0 Å². The highest BCUT2D eigenvalue weighted by Gasteiger charge is 2.35. The molecule has 10 heteroatoms. The lowest BCUT2D eigenvalue weighted by molar-refractivity contribution is -0.120. The Hall–Kier alpha value is -2.36. The van der Waals surface area contributed by atoms with Gasteiger partial charge in [0.25, 0.3) is 0 Å². The molecule has 2 aromatic heterocycles. The molecule has 1 fully saturated rings. The Balaban J connectivity index is 1.62. The topological polar surface area (TPSA) is 115 Å². The fraction of sp³-hybridized carbons (Fsp3) is 0.625. The van der Waals surface area contributed by atoms with Crippen LogP contribution in [0.3, 0.4) is 0 Å². The van der Waals surface area contributed by atoms with Crippen molar-refractivity contribution in [1.29, 1.82) is 0 Å². The van der Waals surface area contributed by atoms with Gasteiger partial charge in [0.05, 0.1) is 18.7 Å². The number of rotatable bonds is 7. The van der Waals surface area contributed by atoms with Crippen LogP contribution in [0.4, 0.5) is 5.13 Å². The van der Waals surface area contributed by atoms with Crippen LogP contribution in [0.2, 0.25) is 0 Å². The summed E-state index contributed by atoms with van der Waals surface area (Å²) in [5, 5.41) is 19.1. The minimum atomic E-state index is -0.125. The number of hydrogen-bond acceptors (Lipinski definition) is 7. The third kappa shape index (κ3) is 4.84. The Labute approximate surface area is 155 Å². The summed E-state index contributed by atoms with van der Waals surface area (Å²) in [6, 6.07) is 0. The first-order valence-corrected chi connectivity index (χ1v) is 9.62. The number of amides is 2. The van der Waals surface area contributed by atoms with Crippen LogP contribution in [0, 0.1) is 5.41 Å². The minimum absolute atomic E-state index is 0.0548. The molecule has 9 nitrogen and oxygen atoms in total. The van der Waals surface area contributed by atoms with Gasteiger partial charge in [-0.05, 0) is 28.7 Å². The molecule has 2 heterocycles. The molecule has 0 atom stereocenters. The molecule has 0 saturated heterocycles. The predicted molar refractivity (Wildman–Crippen MR) is 96.5 cm³/mol. The van der Waals surface area contributed by atoms with E-state index in [9.17, 15) is 9.59 Å². The number of hydrogen-bond donors (Lipinski definition) is 2. The lowest BCUT2D eigenvalue weighted by Gasteiger charge is -2.36. The third-order valence-electron chi connectivity index (χ3n) is 4.76. The van der Waals surface area contributed by atoms with Crippen LogP contribution < -0.4 is 10.6 Å². The van der Waals surface area contributed by atoms with Gasteiger partial charge in [0.2, 0.25) is 11.8 Å². The molecule has 1 aliphatic rings. The van der Waals surface area contributed by atoms with Crippen molar-refractivity contribution in [1.82, 2.24) is 30.5 Å². The molecule has 0 spiro atoms. The van der Waals surface area contributed by atoms with E-state index < -0.39 is 0 Å². The Bertz CT molecular complexity index is 738. The van der Waals surface area contributed by atoms with Crippen LogP contribution in [-0.4, -0.2) is 44.1 Å². The van der Waals surface area contributed by atoms with Crippen LogP contribution >= 0.6 is 11.3 Å². The number of nitrogens with one attached hydrogen (secondary N) is 2. The minimum Gasteiger partial charge on any atom is -0.359 e. The Morgan fingerprint density at radius 3 is 2.77 bits per heavy atom. The molecule has 2 amide bonds. The van der Waals surface area contributed by atoms with Crippen molar-refractivity contribution in [3.8, 4) is 0 Å².